The van der Waals surface area contributed by atoms with Crippen LogP contribution in [0.25, 0.3) is 0 Å². The molecule has 1 aliphatic rings. The van der Waals surface area contributed by atoms with Crippen LogP contribution in [0.15, 0.2) is 78.2 Å². The normalized spacial score (nSPS) is 19.3. The average Bonchev–Trinajstić information content (AvgIpc) is 3.44. The molecule has 2 aromatic carbocycles. The third-order valence-corrected chi connectivity index (χ3v) is 9.58. The zero-order valence-electron chi connectivity index (χ0n) is 23.7. The fourth-order valence-electron chi connectivity index (χ4n) is 5.07. The number of rotatable bonds is 11. The Morgan fingerprint density at radius 3 is 2.27 bits per heavy atom. The van der Waals surface area contributed by atoms with Crippen LogP contribution in [0.2, 0.25) is 0 Å². The molecular weight excluding hydrogens is 556 g/mol. The lowest BCUT2D eigenvalue weighted by atomic mass is 9.85. The molecular formula is C32H38N2O5S2. The van der Waals surface area contributed by atoms with E-state index in [0.29, 0.717) is 18.6 Å². The molecule has 4 atom stereocenters. The number of ether oxygens (including phenoxy) is 1. The van der Waals surface area contributed by atoms with E-state index in [1.807, 2.05) is 98.9 Å². The lowest BCUT2D eigenvalue weighted by Crippen LogP contribution is -2.59. The molecule has 1 fully saturated rings. The molecule has 0 saturated carbocycles. The van der Waals surface area contributed by atoms with Gasteiger partial charge in [0.1, 0.15) is 18.7 Å². The molecule has 3 aromatic rings. The Morgan fingerprint density at radius 2 is 1.68 bits per heavy atom. The van der Waals surface area contributed by atoms with Crippen molar-refractivity contribution < 1.29 is 24.2 Å². The van der Waals surface area contributed by atoms with Crippen LogP contribution in [0, 0.1) is 5.41 Å². The Hall–Kier alpha value is -3.14. The number of carboxylic acid groups (broad SMARTS) is 1. The van der Waals surface area contributed by atoms with E-state index in [0.717, 1.165) is 16.0 Å². The number of benzene rings is 2. The first-order chi connectivity index (χ1) is 19.6. The van der Waals surface area contributed by atoms with Gasteiger partial charge in [0.15, 0.2) is 0 Å². The molecule has 1 saturated heterocycles. The highest BCUT2D eigenvalue weighted by Crippen LogP contribution is 2.38. The van der Waals surface area contributed by atoms with Gasteiger partial charge in [-0.25, -0.2) is 4.79 Å². The van der Waals surface area contributed by atoms with E-state index in [2.05, 4.69) is 5.32 Å². The summed E-state index contributed by atoms with van der Waals surface area (Å²) < 4.78 is 5.71. The zero-order valence-corrected chi connectivity index (χ0v) is 25.3. The number of esters is 1. The van der Waals surface area contributed by atoms with Crippen LogP contribution in [0.5, 0.6) is 0 Å². The standard InChI is InChI=1S/C32H38N2O5S2/c1-32(2,3)28(30(36)37)34-19-27(26-15-10-18-40-26)41-21-25(29(34)35)33-24(17-16-22-11-6-4-7-12-22)31(38)39-20-23-13-8-5-9-14-23/h4-15,18,24-25,27-28,33H,16-17,19-21H2,1-3H3,(H,36,37). The van der Waals surface area contributed by atoms with Crippen LogP contribution in [0.4, 0.5) is 0 Å². The van der Waals surface area contributed by atoms with Crippen molar-refractivity contribution in [3.63, 3.8) is 0 Å². The number of thiophene rings is 1. The Kier molecular flexibility index (Phi) is 10.6. The fourth-order valence-corrected chi connectivity index (χ4v) is 7.31. The molecule has 7 nitrogen and oxygen atoms in total. The molecule has 2 heterocycles. The number of hydrogen-bond acceptors (Lipinski definition) is 7. The molecule has 2 N–H and O–H groups in total. The van der Waals surface area contributed by atoms with E-state index in [1.165, 1.54) is 4.90 Å². The molecule has 1 aliphatic heterocycles. The maximum Gasteiger partial charge on any atom is 0.326 e. The first-order valence-electron chi connectivity index (χ1n) is 13.8. The second-order valence-electron chi connectivity index (χ2n) is 11.3. The highest BCUT2D eigenvalue weighted by atomic mass is 32.2. The van der Waals surface area contributed by atoms with Gasteiger partial charge in [-0.1, -0.05) is 87.5 Å². The number of hydrogen-bond donors (Lipinski definition) is 2. The van der Waals surface area contributed by atoms with Crippen molar-refractivity contribution in [1.29, 1.82) is 0 Å². The first kappa shape index (κ1) is 30.8. The fraction of sp³-hybridized carbons (Fsp3) is 0.406. The number of amides is 1. The maximum absolute atomic E-state index is 14.1. The minimum absolute atomic E-state index is 0.0669. The Balaban J connectivity index is 1.59. The second-order valence-corrected chi connectivity index (χ2v) is 13.5. The molecule has 0 radical (unpaired) electrons. The van der Waals surface area contributed by atoms with Crippen molar-refractivity contribution in [1.82, 2.24) is 10.2 Å². The average molecular weight is 595 g/mol. The van der Waals surface area contributed by atoms with Gasteiger partial charge in [-0.2, -0.15) is 0 Å². The van der Waals surface area contributed by atoms with Crippen LogP contribution in [0.1, 0.15) is 48.4 Å². The Labute approximate surface area is 250 Å². The third-order valence-electron chi connectivity index (χ3n) is 7.11. The molecule has 1 amide bonds. The molecule has 4 rings (SSSR count). The highest BCUT2D eigenvalue weighted by Gasteiger charge is 2.44. The lowest BCUT2D eigenvalue weighted by molar-refractivity contribution is -0.156. The van der Waals surface area contributed by atoms with Gasteiger partial charge in [0.25, 0.3) is 0 Å². The lowest BCUT2D eigenvalue weighted by Gasteiger charge is -2.39. The number of aryl methyl sites for hydroxylation is 1. The van der Waals surface area contributed by atoms with Gasteiger partial charge < -0.3 is 14.7 Å². The zero-order chi connectivity index (χ0) is 29.4. The number of thioether (sulfide) groups is 1. The molecule has 4 unspecified atom stereocenters. The predicted octanol–water partition coefficient (Wildman–Crippen LogP) is 5.57. The van der Waals surface area contributed by atoms with Gasteiger partial charge >= 0.3 is 11.9 Å². The van der Waals surface area contributed by atoms with Gasteiger partial charge in [0, 0.05) is 17.2 Å². The van der Waals surface area contributed by atoms with Crippen molar-refractivity contribution in [2.24, 2.45) is 5.41 Å². The van der Waals surface area contributed by atoms with Crippen LogP contribution in [-0.2, 0) is 32.1 Å². The quantitative estimate of drug-likeness (QED) is 0.280. The van der Waals surface area contributed by atoms with Crippen molar-refractivity contribution in [3.05, 3.63) is 94.2 Å². The van der Waals surface area contributed by atoms with Crippen molar-refractivity contribution in [2.45, 2.75) is 63.6 Å². The molecule has 41 heavy (non-hydrogen) atoms. The van der Waals surface area contributed by atoms with Crippen molar-refractivity contribution >= 4 is 40.9 Å². The molecule has 1 aromatic heterocycles. The summed E-state index contributed by atoms with van der Waals surface area (Å²) in [6.45, 7) is 5.92. The molecule has 9 heteroatoms. The molecule has 218 valence electrons. The van der Waals surface area contributed by atoms with Gasteiger partial charge in [-0.05, 0) is 40.8 Å². The van der Waals surface area contributed by atoms with E-state index in [-0.39, 0.29) is 24.3 Å². The summed E-state index contributed by atoms with van der Waals surface area (Å²) in [5.74, 6) is -1.37. The number of nitrogens with zero attached hydrogens (tertiary/aromatic N) is 1. The van der Waals surface area contributed by atoms with E-state index in [1.54, 1.807) is 23.1 Å². The number of nitrogens with one attached hydrogen (secondary N) is 1. The monoisotopic (exact) mass is 594 g/mol. The Bertz CT molecular complexity index is 1280. The summed E-state index contributed by atoms with van der Waals surface area (Å²) in [6, 6.07) is 20.8. The molecule has 0 bridgehead atoms. The van der Waals surface area contributed by atoms with Crippen LogP contribution in [-0.4, -0.2) is 58.3 Å². The van der Waals surface area contributed by atoms with E-state index in [9.17, 15) is 19.5 Å². The summed E-state index contributed by atoms with van der Waals surface area (Å²) >= 11 is 3.21. The van der Waals surface area contributed by atoms with Crippen molar-refractivity contribution in [3.8, 4) is 0 Å². The van der Waals surface area contributed by atoms with Crippen molar-refractivity contribution in [2.75, 3.05) is 12.3 Å². The SMILES string of the molecule is CC(C)(C)C(C(=O)O)N1CC(c2cccs2)SCC(NC(CCc2ccccc2)C(=O)OCc2ccccc2)C1=O. The van der Waals surface area contributed by atoms with Crippen LogP contribution in [0.3, 0.4) is 0 Å². The molecule has 0 spiro atoms. The van der Waals surface area contributed by atoms with Crippen LogP contribution < -0.4 is 5.32 Å². The van der Waals surface area contributed by atoms with E-state index in [4.69, 9.17) is 4.74 Å². The minimum atomic E-state index is -1.04. The third kappa shape index (κ3) is 8.44. The number of carbonyl (C=O) groups is 3. The summed E-state index contributed by atoms with van der Waals surface area (Å²) in [6.07, 6.45) is 1.05. The topological polar surface area (TPSA) is 95.9 Å². The van der Waals surface area contributed by atoms with Gasteiger partial charge in [-0.15, -0.1) is 23.1 Å². The maximum atomic E-state index is 14.1. The van der Waals surface area contributed by atoms with Gasteiger partial charge in [0.05, 0.1) is 11.3 Å². The summed E-state index contributed by atoms with van der Waals surface area (Å²) in [5, 5.41) is 15.5. The first-order valence-corrected chi connectivity index (χ1v) is 15.7. The highest BCUT2D eigenvalue weighted by molar-refractivity contribution is 7.99. The summed E-state index contributed by atoms with van der Waals surface area (Å²) in [5.41, 5.74) is 1.26. The Morgan fingerprint density at radius 1 is 1.02 bits per heavy atom. The van der Waals surface area contributed by atoms with Gasteiger partial charge in [0.2, 0.25) is 5.91 Å². The predicted molar refractivity (Wildman–Crippen MR) is 164 cm³/mol. The van der Waals surface area contributed by atoms with E-state index >= 15 is 0 Å². The smallest absolute Gasteiger partial charge is 0.326 e. The van der Waals surface area contributed by atoms with Crippen LogP contribution >= 0.6 is 23.1 Å². The minimum Gasteiger partial charge on any atom is -0.480 e. The largest absolute Gasteiger partial charge is 0.480 e. The van der Waals surface area contributed by atoms with Gasteiger partial charge in [-0.3, -0.25) is 14.9 Å². The molecule has 0 aliphatic carbocycles. The number of carbonyl (C=O) groups excluding carboxylic acids is 2. The number of aliphatic carboxylic acids is 1. The van der Waals surface area contributed by atoms with E-state index < -0.39 is 35.5 Å². The second kappa shape index (κ2) is 14.2. The number of carboxylic acids is 1. The summed E-state index contributed by atoms with van der Waals surface area (Å²) in [4.78, 5) is 42.7. The summed E-state index contributed by atoms with van der Waals surface area (Å²) in [7, 11) is 0.